The molecule has 2 aromatic rings. The van der Waals surface area contributed by atoms with E-state index in [1.165, 1.54) is 0 Å². The predicted octanol–water partition coefficient (Wildman–Crippen LogP) is 4.73. The minimum atomic E-state index is -0.761. The van der Waals surface area contributed by atoms with Gasteiger partial charge in [0.25, 0.3) is 0 Å². The minimum absolute atomic E-state index is 0.344. The van der Waals surface area contributed by atoms with Crippen molar-refractivity contribution in [3.8, 4) is 5.75 Å². The van der Waals surface area contributed by atoms with E-state index in [1.807, 2.05) is 42.5 Å². The van der Waals surface area contributed by atoms with Crippen LogP contribution in [0.3, 0.4) is 0 Å². The number of aliphatic hydroxyl groups excluding tert-OH is 1. The Morgan fingerprint density at radius 2 is 1.95 bits per heavy atom. The van der Waals surface area contributed by atoms with Crippen LogP contribution in [-0.4, -0.2) is 11.2 Å². The van der Waals surface area contributed by atoms with Crippen LogP contribution in [0.4, 0.5) is 0 Å². The molecule has 0 radical (unpaired) electrons. The van der Waals surface area contributed by atoms with Gasteiger partial charge in [-0.1, -0.05) is 35.9 Å². The zero-order valence-electron chi connectivity index (χ0n) is 10.7. The van der Waals surface area contributed by atoms with Crippen molar-refractivity contribution in [2.75, 3.05) is 0 Å². The van der Waals surface area contributed by atoms with Crippen LogP contribution in [0, 0.1) is 0 Å². The van der Waals surface area contributed by atoms with Crippen molar-refractivity contribution in [2.45, 2.75) is 25.0 Å². The van der Waals surface area contributed by atoms with Crippen LogP contribution < -0.4 is 4.74 Å². The zero-order chi connectivity index (χ0) is 14.1. The fraction of sp³-hybridized carbons (Fsp3) is 0.250. The van der Waals surface area contributed by atoms with Gasteiger partial charge in [0.15, 0.2) is 0 Å². The number of aliphatic hydroxyl groups is 1. The molecule has 0 aromatic heterocycles. The van der Waals surface area contributed by atoms with Gasteiger partial charge in [-0.25, -0.2) is 0 Å². The molecule has 0 aliphatic heterocycles. The van der Waals surface area contributed by atoms with Gasteiger partial charge in [-0.3, -0.25) is 0 Å². The Bertz CT molecular complexity index is 626. The van der Waals surface area contributed by atoms with Crippen LogP contribution >= 0.6 is 27.5 Å². The summed E-state index contributed by atoms with van der Waals surface area (Å²) in [7, 11) is 0. The van der Waals surface area contributed by atoms with Gasteiger partial charge in [0.1, 0.15) is 11.9 Å². The average molecular weight is 354 g/mol. The maximum atomic E-state index is 10.5. The largest absolute Gasteiger partial charge is 0.490 e. The molecule has 0 heterocycles. The van der Waals surface area contributed by atoms with E-state index in [9.17, 15) is 5.11 Å². The molecule has 1 atom stereocenters. The second-order valence-corrected chi connectivity index (χ2v) is 6.17. The second kappa shape index (κ2) is 5.76. The Morgan fingerprint density at radius 1 is 1.20 bits per heavy atom. The Hall–Kier alpha value is -1.03. The van der Waals surface area contributed by atoms with E-state index in [-0.39, 0.29) is 0 Å². The third-order valence-electron chi connectivity index (χ3n) is 3.28. The molecule has 1 N–H and O–H groups in total. The van der Waals surface area contributed by atoms with Crippen LogP contribution in [0.1, 0.15) is 30.1 Å². The SMILES string of the molecule is OC(c1cccc(OC2CC2)c1)c1cccc(Br)c1Cl. The molecule has 1 unspecified atom stereocenters. The van der Waals surface area contributed by atoms with Crippen molar-refractivity contribution in [2.24, 2.45) is 0 Å². The fourth-order valence-electron chi connectivity index (χ4n) is 2.05. The van der Waals surface area contributed by atoms with Crippen LogP contribution in [0.2, 0.25) is 5.02 Å². The predicted molar refractivity (Wildman–Crippen MR) is 83.3 cm³/mol. The Morgan fingerprint density at radius 3 is 2.70 bits per heavy atom. The first-order valence-electron chi connectivity index (χ1n) is 6.54. The highest BCUT2D eigenvalue weighted by Crippen LogP contribution is 2.35. The quantitative estimate of drug-likeness (QED) is 0.861. The maximum absolute atomic E-state index is 10.5. The zero-order valence-corrected chi connectivity index (χ0v) is 13.1. The number of rotatable bonds is 4. The molecule has 3 rings (SSSR count). The second-order valence-electron chi connectivity index (χ2n) is 4.94. The molecule has 4 heteroatoms. The van der Waals surface area contributed by atoms with E-state index in [0.29, 0.717) is 16.7 Å². The normalized spacial score (nSPS) is 15.9. The standard InChI is InChI=1S/C16H14BrClO2/c17-14-6-2-5-13(15(14)18)16(19)10-3-1-4-12(9-10)20-11-7-8-11/h1-6,9,11,16,19H,7-8H2. The van der Waals surface area contributed by atoms with E-state index < -0.39 is 6.10 Å². The highest BCUT2D eigenvalue weighted by molar-refractivity contribution is 9.10. The van der Waals surface area contributed by atoms with Gasteiger partial charge in [-0.05, 0) is 52.5 Å². The van der Waals surface area contributed by atoms with Crippen LogP contribution in [0.5, 0.6) is 5.75 Å². The Labute approximate surface area is 131 Å². The highest BCUT2D eigenvalue weighted by Gasteiger charge is 2.24. The summed E-state index contributed by atoms with van der Waals surface area (Å²) in [5.74, 6) is 0.801. The van der Waals surface area contributed by atoms with Gasteiger partial charge < -0.3 is 9.84 Å². The lowest BCUT2D eigenvalue weighted by Gasteiger charge is -2.15. The lowest BCUT2D eigenvalue weighted by atomic mass is 10.0. The number of ether oxygens (including phenoxy) is 1. The van der Waals surface area contributed by atoms with Crippen LogP contribution in [0.15, 0.2) is 46.9 Å². The van der Waals surface area contributed by atoms with Crippen molar-refractivity contribution >= 4 is 27.5 Å². The summed E-state index contributed by atoms with van der Waals surface area (Å²) in [4.78, 5) is 0. The number of halogens is 2. The number of hydrogen-bond acceptors (Lipinski definition) is 2. The topological polar surface area (TPSA) is 29.5 Å². The Balaban J connectivity index is 1.89. The molecule has 1 aliphatic rings. The Kier molecular flexibility index (Phi) is 4.01. The first-order chi connectivity index (χ1) is 9.65. The third kappa shape index (κ3) is 3.00. The molecule has 1 fully saturated rings. The summed E-state index contributed by atoms with van der Waals surface area (Å²) in [5, 5.41) is 11.0. The van der Waals surface area contributed by atoms with Gasteiger partial charge in [0.05, 0.1) is 11.1 Å². The maximum Gasteiger partial charge on any atom is 0.120 e. The molecule has 2 aromatic carbocycles. The van der Waals surface area contributed by atoms with Crippen LogP contribution in [0.25, 0.3) is 0 Å². The molecule has 0 amide bonds. The monoisotopic (exact) mass is 352 g/mol. The molecule has 0 spiro atoms. The summed E-state index contributed by atoms with van der Waals surface area (Å²) in [5.41, 5.74) is 1.47. The van der Waals surface area contributed by atoms with Gasteiger partial charge in [0, 0.05) is 10.0 Å². The number of hydrogen-bond donors (Lipinski definition) is 1. The lowest BCUT2D eigenvalue weighted by molar-refractivity contribution is 0.219. The smallest absolute Gasteiger partial charge is 0.120 e. The first kappa shape index (κ1) is 13.9. The van der Waals surface area contributed by atoms with E-state index >= 15 is 0 Å². The van der Waals surface area contributed by atoms with E-state index in [4.69, 9.17) is 16.3 Å². The number of benzene rings is 2. The van der Waals surface area contributed by atoms with Gasteiger partial charge in [0.2, 0.25) is 0 Å². The minimum Gasteiger partial charge on any atom is -0.490 e. The summed E-state index contributed by atoms with van der Waals surface area (Å²) < 4.78 is 6.53. The molecule has 1 saturated carbocycles. The van der Waals surface area contributed by atoms with Gasteiger partial charge in [-0.15, -0.1) is 0 Å². The van der Waals surface area contributed by atoms with Gasteiger partial charge >= 0.3 is 0 Å². The first-order valence-corrected chi connectivity index (χ1v) is 7.71. The molecular weight excluding hydrogens is 340 g/mol. The van der Waals surface area contributed by atoms with Crippen LogP contribution in [-0.2, 0) is 0 Å². The summed E-state index contributed by atoms with van der Waals surface area (Å²) in [6.45, 7) is 0. The van der Waals surface area contributed by atoms with E-state index in [0.717, 1.165) is 28.6 Å². The molecule has 20 heavy (non-hydrogen) atoms. The molecule has 0 saturated heterocycles. The van der Waals surface area contributed by atoms with E-state index in [1.54, 1.807) is 0 Å². The molecule has 1 aliphatic carbocycles. The van der Waals surface area contributed by atoms with Crippen molar-refractivity contribution in [3.63, 3.8) is 0 Å². The third-order valence-corrected chi connectivity index (χ3v) is 4.59. The molecule has 0 bridgehead atoms. The fourth-order valence-corrected chi connectivity index (χ4v) is 2.66. The van der Waals surface area contributed by atoms with E-state index in [2.05, 4.69) is 15.9 Å². The summed E-state index contributed by atoms with van der Waals surface area (Å²) >= 11 is 9.61. The highest BCUT2D eigenvalue weighted by atomic mass is 79.9. The molecule has 104 valence electrons. The summed E-state index contributed by atoms with van der Waals surface area (Å²) in [6.07, 6.45) is 1.81. The van der Waals surface area contributed by atoms with Gasteiger partial charge in [-0.2, -0.15) is 0 Å². The molecular formula is C16H14BrClO2. The van der Waals surface area contributed by atoms with Crippen molar-refractivity contribution in [1.29, 1.82) is 0 Å². The molecule has 2 nitrogen and oxygen atoms in total. The van der Waals surface area contributed by atoms with Crippen molar-refractivity contribution in [1.82, 2.24) is 0 Å². The van der Waals surface area contributed by atoms with Crippen molar-refractivity contribution < 1.29 is 9.84 Å². The average Bonchev–Trinajstić information content (AvgIpc) is 3.25. The lowest BCUT2D eigenvalue weighted by Crippen LogP contribution is -2.02. The van der Waals surface area contributed by atoms with Crippen molar-refractivity contribution in [3.05, 3.63) is 63.1 Å². The summed E-state index contributed by atoms with van der Waals surface area (Å²) in [6, 6.07) is 13.1.